The molecule has 2 aromatic carbocycles. The van der Waals surface area contributed by atoms with Gasteiger partial charge in [-0.25, -0.2) is 17.2 Å². The van der Waals surface area contributed by atoms with Crippen molar-refractivity contribution in [3.63, 3.8) is 0 Å². The van der Waals surface area contributed by atoms with E-state index in [1.54, 1.807) is 31.2 Å². The summed E-state index contributed by atoms with van der Waals surface area (Å²) < 4.78 is 53.4. The molecule has 0 saturated carbocycles. The summed E-state index contributed by atoms with van der Waals surface area (Å²) in [4.78, 5) is 32.3. The molecule has 0 aliphatic carbocycles. The summed E-state index contributed by atoms with van der Waals surface area (Å²) in [5.41, 5.74) is 6.88. The van der Waals surface area contributed by atoms with Gasteiger partial charge < -0.3 is 21.2 Å². The lowest BCUT2D eigenvalue weighted by molar-refractivity contribution is -0.127. The van der Waals surface area contributed by atoms with E-state index in [0.717, 1.165) is 4.31 Å². The topological polar surface area (TPSA) is 163 Å². The first kappa shape index (κ1) is 30.0. The number of amidine groups is 1. The highest BCUT2D eigenvalue weighted by atomic mass is 79.9. The highest BCUT2D eigenvalue weighted by molar-refractivity contribution is 9.10. The molecule has 0 aromatic heterocycles. The van der Waals surface area contributed by atoms with E-state index in [9.17, 15) is 26.8 Å². The lowest BCUT2D eigenvalue weighted by Gasteiger charge is -2.19. The second-order valence-electron chi connectivity index (χ2n) is 8.14. The number of anilines is 1. The third-order valence-electron chi connectivity index (χ3n) is 5.39. The lowest BCUT2D eigenvalue weighted by atomic mass is 10.1. The average molecular weight is 602 g/mol. The molecule has 3 rings (SSSR count). The van der Waals surface area contributed by atoms with Crippen LogP contribution < -0.4 is 16.4 Å². The molecule has 200 valence electrons. The van der Waals surface area contributed by atoms with E-state index >= 15 is 0 Å². The summed E-state index contributed by atoms with van der Waals surface area (Å²) in [6, 6.07) is 9.96. The van der Waals surface area contributed by atoms with Gasteiger partial charge in [-0.2, -0.15) is 4.31 Å². The number of nitrogen functional groups attached to an aromatic ring is 1. The fourth-order valence-electron chi connectivity index (χ4n) is 3.50. The normalized spacial score (nSPS) is 15.7. The van der Waals surface area contributed by atoms with Gasteiger partial charge in [0.05, 0.1) is 17.5 Å². The van der Waals surface area contributed by atoms with Crippen LogP contribution in [0.25, 0.3) is 0 Å². The number of halogens is 3. The van der Waals surface area contributed by atoms with Crippen molar-refractivity contribution in [2.45, 2.75) is 36.6 Å². The van der Waals surface area contributed by atoms with Gasteiger partial charge in [0.1, 0.15) is 19.0 Å². The first-order valence-corrected chi connectivity index (χ1v) is 13.0. The zero-order chi connectivity index (χ0) is 28.0. The highest BCUT2D eigenvalue weighted by Crippen LogP contribution is 2.34. The summed E-state index contributed by atoms with van der Waals surface area (Å²) in [5.74, 6) is -4.26. The predicted molar refractivity (Wildman–Crippen MR) is 137 cm³/mol. The van der Waals surface area contributed by atoms with Gasteiger partial charge in [-0.1, -0.05) is 6.07 Å². The number of hydrogen-bond acceptors (Lipinski definition) is 6. The number of nitrogens with two attached hydrogens (primary N) is 1. The van der Waals surface area contributed by atoms with Crippen LogP contribution in [-0.2, 0) is 24.4 Å². The van der Waals surface area contributed by atoms with Crippen molar-refractivity contribution in [2.24, 2.45) is 5.73 Å². The molecule has 1 heterocycles. The molecule has 0 radical (unpaired) electrons. The molecule has 1 aliphatic rings. The minimum Gasteiger partial charge on any atom is -0.384 e. The fraction of sp³-hybridized carbons (Fsp3) is 0.304. The van der Waals surface area contributed by atoms with Crippen molar-refractivity contribution in [1.29, 1.82) is 5.41 Å². The molecular formula is C23H26BrF2N5O5S. The fourth-order valence-corrected chi connectivity index (χ4v) is 6.03. The van der Waals surface area contributed by atoms with E-state index in [1.165, 1.54) is 18.2 Å². The second kappa shape index (κ2) is 12.3. The first-order chi connectivity index (χ1) is 17.3. The minimum atomic E-state index is -4.11. The summed E-state index contributed by atoms with van der Waals surface area (Å²) >= 11 is 3.19. The quantitative estimate of drug-likeness (QED) is 0.206. The molecule has 37 heavy (non-hydrogen) atoms. The number of amides is 2. The summed E-state index contributed by atoms with van der Waals surface area (Å²) in [5, 5.41) is 12.6. The maximum absolute atomic E-state index is 13.5. The first-order valence-electron chi connectivity index (χ1n) is 10.8. The number of alkyl halides is 2. The number of benzene rings is 2. The van der Waals surface area contributed by atoms with Gasteiger partial charge in [0.25, 0.3) is 5.92 Å². The van der Waals surface area contributed by atoms with E-state index in [2.05, 4.69) is 26.6 Å². The van der Waals surface area contributed by atoms with Crippen LogP contribution in [0.1, 0.15) is 36.9 Å². The van der Waals surface area contributed by atoms with Crippen LogP contribution >= 0.6 is 15.9 Å². The van der Waals surface area contributed by atoms with Gasteiger partial charge in [-0.3, -0.25) is 15.0 Å². The largest absolute Gasteiger partial charge is 0.384 e. The molecule has 1 atom stereocenters. The Hall–Kier alpha value is -3.23. The molecular weight excluding hydrogens is 576 g/mol. The SMILES string of the molecule is C=O.CC(NC(=O)CC(=O)Nc1ccc(C(=N)N)cc1)c1ccc(S(=O)(=O)N2CCC(F)(F)C2)c(Br)c1. The van der Waals surface area contributed by atoms with Crippen molar-refractivity contribution in [3.05, 3.63) is 58.1 Å². The van der Waals surface area contributed by atoms with Crippen molar-refractivity contribution >= 4 is 56.1 Å². The molecule has 2 amide bonds. The molecule has 1 aliphatic heterocycles. The van der Waals surface area contributed by atoms with Gasteiger partial charge in [0.15, 0.2) is 0 Å². The van der Waals surface area contributed by atoms with Crippen LogP contribution in [0.15, 0.2) is 51.8 Å². The van der Waals surface area contributed by atoms with Crippen molar-refractivity contribution in [3.8, 4) is 0 Å². The third-order valence-corrected chi connectivity index (χ3v) is 8.21. The number of carbonyl (C=O) groups is 3. The Kier molecular flexibility index (Phi) is 10.0. The Bertz CT molecular complexity index is 1270. The molecule has 2 aromatic rings. The maximum atomic E-state index is 13.5. The zero-order valence-corrected chi connectivity index (χ0v) is 22.2. The number of carbonyl (C=O) groups excluding carboxylic acids is 3. The number of nitrogens with one attached hydrogen (secondary N) is 3. The lowest BCUT2D eigenvalue weighted by Crippen LogP contribution is -2.32. The van der Waals surface area contributed by atoms with E-state index in [0.29, 0.717) is 16.8 Å². The Morgan fingerprint density at radius 3 is 2.32 bits per heavy atom. The third kappa shape index (κ3) is 7.87. The molecule has 14 heteroatoms. The van der Waals surface area contributed by atoms with Crippen LogP contribution in [0.4, 0.5) is 14.5 Å². The summed E-state index contributed by atoms with van der Waals surface area (Å²) in [6.07, 6.45) is -0.974. The maximum Gasteiger partial charge on any atom is 0.262 e. The Balaban J connectivity index is 0.00000235. The standard InChI is InChI=1S/C22H24BrF2N5O4S.CH2O/c1-13(28-19(31)11-20(32)29-16-5-2-14(3-6-16)21(26)27)15-4-7-18(17(23)10-15)35(33,34)30-9-8-22(24,25)12-30;1-2/h2-7,10,13H,8-9,11-12H2,1H3,(H3,26,27)(H,28,31)(H,29,32);1H2. The van der Waals surface area contributed by atoms with Crippen molar-refractivity contribution in [2.75, 3.05) is 18.4 Å². The van der Waals surface area contributed by atoms with Crippen molar-refractivity contribution < 1.29 is 31.6 Å². The molecule has 1 saturated heterocycles. The predicted octanol–water partition coefficient (Wildman–Crippen LogP) is 2.78. The molecule has 1 fully saturated rings. The van der Waals surface area contributed by atoms with Crippen LogP contribution in [0.3, 0.4) is 0 Å². The van der Waals surface area contributed by atoms with Gasteiger partial charge in [0, 0.05) is 28.7 Å². The van der Waals surface area contributed by atoms with E-state index in [-0.39, 0.29) is 21.7 Å². The molecule has 1 unspecified atom stereocenters. The monoisotopic (exact) mass is 601 g/mol. The molecule has 0 spiro atoms. The van der Waals surface area contributed by atoms with Crippen molar-refractivity contribution in [1.82, 2.24) is 9.62 Å². The van der Waals surface area contributed by atoms with Gasteiger partial charge >= 0.3 is 0 Å². The molecule has 10 nitrogen and oxygen atoms in total. The van der Waals surface area contributed by atoms with Crippen LogP contribution in [0.2, 0.25) is 0 Å². The number of nitrogens with zero attached hydrogens (tertiary/aromatic N) is 1. The average Bonchev–Trinajstić information content (AvgIpc) is 3.20. The van der Waals surface area contributed by atoms with E-state index in [1.807, 2.05) is 6.79 Å². The summed E-state index contributed by atoms with van der Waals surface area (Å²) in [6.45, 7) is 2.53. The Morgan fingerprint density at radius 1 is 1.19 bits per heavy atom. The van der Waals surface area contributed by atoms with Gasteiger partial charge in [0.2, 0.25) is 21.8 Å². The number of rotatable bonds is 8. The number of hydrogen-bond donors (Lipinski definition) is 4. The van der Waals surface area contributed by atoms with Crippen LogP contribution in [0, 0.1) is 5.41 Å². The number of sulfonamides is 1. The smallest absolute Gasteiger partial charge is 0.262 e. The molecule has 5 N–H and O–H groups in total. The second-order valence-corrected chi connectivity index (χ2v) is 10.9. The highest BCUT2D eigenvalue weighted by Gasteiger charge is 2.44. The van der Waals surface area contributed by atoms with E-state index < -0.39 is 53.2 Å². The van der Waals surface area contributed by atoms with Crippen LogP contribution in [-0.4, -0.2) is 56.2 Å². The van der Waals surface area contributed by atoms with Gasteiger partial charge in [-0.05, 0) is 64.8 Å². The van der Waals surface area contributed by atoms with Gasteiger partial charge in [-0.15, -0.1) is 0 Å². The Morgan fingerprint density at radius 2 is 1.81 bits per heavy atom. The van der Waals surface area contributed by atoms with E-state index in [4.69, 9.17) is 15.9 Å². The zero-order valence-electron chi connectivity index (χ0n) is 19.8. The summed E-state index contributed by atoms with van der Waals surface area (Å²) in [7, 11) is -4.11. The molecule has 0 bridgehead atoms. The van der Waals surface area contributed by atoms with Crippen LogP contribution in [0.5, 0.6) is 0 Å². The Labute approximate surface area is 221 Å². The minimum absolute atomic E-state index is 0.105.